The molecule has 0 aliphatic carbocycles. The van der Waals surface area contributed by atoms with E-state index in [0.29, 0.717) is 23.8 Å². The number of nitrogens with zero attached hydrogens (tertiary/aromatic N) is 1. The lowest BCUT2D eigenvalue weighted by atomic mass is 10.3. The molecule has 0 unspecified atom stereocenters. The number of hydrogen-bond donors (Lipinski definition) is 1. The van der Waals surface area contributed by atoms with Crippen LogP contribution in [0.2, 0.25) is 0 Å². The molecule has 0 atom stereocenters. The molecule has 0 radical (unpaired) electrons. The number of ether oxygens (including phenoxy) is 2. The van der Waals surface area contributed by atoms with Crippen molar-refractivity contribution in [3.05, 3.63) is 4.88 Å². The summed E-state index contributed by atoms with van der Waals surface area (Å²) >= 11 is 1.17. The van der Waals surface area contributed by atoms with E-state index in [0.717, 1.165) is 0 Å². The summed E-state index contributed by atoms with van der Waals surface area (Å²) in [4.78, 5) is 14.0. The Morgan fingerprint density at radius 3 is 2.52 bits per heavy atom. The first kappa shape index (κ1) is 15.9. The number of carbonyl (C=O) groups is 1. The smallest absolute Gasteiger partial charge is 0.350 e. The summed E-state index contributed by atoms with van der Waals surface area (Å²) in [7, 11) is -1.50. The van der Waals surface area contributed by atoms with E-state index in [1.807, 2.05) is 4.90 Å². The van der Waals surface area contributed by atoms with Gasteiger partial charge in [-0.05, 0) is 6.92 Å². The highest BCUT2D eigenvalue weighted by Gasteiger charge is 2.29. The Kier molecular flexibility index (Phi) is 4.62. The largest absolute Gasteiger partial charge is 0.492 e. The zero-order valence-electron chi connectivity index (χ0n) is 11.9. The number of rotatable bonds is 4. The molecule has 7 nitrogen and oxygen atoms in total. The first-order valence-corrected chi connectivity index (χ1v) is 9.12. The van der Waals surface area contributed by atoms with Gasteiger partial charge in [-0.1, -0.05) is 0 Å². The molecule has 1 aromatic heterocycles. The quantitative estimate of drug-likeness (QED) is 0.811. The molecule has 2 N–H and O–H groups in total. The highest BCUT2D eigenvalue weighted by atomic mass is 32.2. The van der Waals surface area contributed by atoms with Gasteiger partial charge in [-0.3, -0.25) is 0 Å². The van der Waals surface area contributed by atoms with Crippen LogP contribution in [0.25, 0.3) is 0 Å². The second-order valence-electron chi connectivity index (χ2n) is 4.54. The van der Waals surface area contributed by atoms with Crippen molar-refractivity contribution >= 4 is 37.8 Å². The van der Waals surface area contributed by atoms with Crippen LogP contribution in [0.3, 0.4) is 0 Å². The van der Waals surface area contributed by atoms with E-state index in [9.17, 15) is 13.2 Å². The molecule has 21 heavy (non-hydrogen) atoms. The fourth-order valence-corrected chi connectivity index (χ4v) is 4.42. The minimum absolute atomic E-state index is 0.0860. The Labute approximate surface area is 127 Å². The van der Waals surface area contributed by atoms with Gasteiger partial charge in [-0.2, -0.15) is 0 Å². The third-order valence-electron chi connectivity index (χ3n) is 3.18. The summed E-state index contributed by atoms with van der Waals surface area (Å²) in [5.41, 5.74) is 6.19. The van der Waals surface area contributed by atoms with E-state index >= 15 is 0 Å². The summed E-state index contributed by atoms with van der Waals surface area (Å²) < 4.78 is 33.2. The van der Waals surface area contributed by atoms with Gasteiger partial charge >= 0.3 is 5.97 Å². The number of methoxy groups -OCH3 is 1. The number of anilines is 2. The normalized spacial score (nSPS) is 17.5. The number of nitrogens with two attached hydrogens (primary N) is 1. The van der Waals surface area contributed by atoms with Crippen LogP contribution in [-0.2, 0) is 14.6 Å². The minimum atomic E-state index is -2.97. The van der Waals surface area contributed by atoms with Gasteiger partial charge in [0.1, 0.15) is 15.6 Å². The molecular weight excluding hydrogens is 316 g/mol. The number of carbonyl (C=O) groups excluding carboxylic acids is 1. The van der Waals surface area contributed by atoms with Crippen LogP contribution >= 0.6 is 11.3 Å². The lowest BCUT2D eigenvalue weighted by Crippen LogP contribution is -2.40. The number of sulfone groups is 1. The average molecular weight is 334 g/mol. The molecule has 1 fully saturated rings. The molecule has 1 aromatic rings. The van der Waals surface area contributed by atoms with Crippen LogP contribution in [-0.4, -0.2) is 52.7 Å². The zero-order valence-corrected chi connectivity index (χ0v) is 13.6. The lowest BCUT2D eigenvalue weighted by molar-refractivity contribution is 0.0533. The number of esters is 1. The number of thiophene rings is 1. The summed E-state index contributed by atoms with van der Waals surface area (Å²) in [5, 5.41) is 0.674. The average Bonchev–Trinajstić information content (AvgIpc) is 2.76. The Bertz CT molecular complexity index is 624. The minimum Gasteiger partial charge on any atom is -0.492 e. The summed E-state index contributed by atoms with van der Waals surface area (Å²) in [6.07, 6.45) is 0. The summed E-state index contributed by atoms with van der Waals surface area (Å²) in [6.45, 7) is 2.70. The van der Waals surface area contributed by atoms with E-state index in [2.05, 4.69) is 0 Å². The van der Waals surface area contributed by atoms with Crippen molar-refractivity contribution in [3.63, 3.8) is 0 Å². The highest BCUT2D eigenvalue weighted by Crippen LogP contribution is 2.45. The fourth-order valence-electron chi connectivity index (χ4n) is 2.09. The van der Waals surface area contributed by atoms with Gasteiger partial charge in [0.25, 0.3) is 0 Å². The van der Waals surface area contributed by atoms with E-state index in [1.165, 1.54) is 18.4 Å². The maximum Gasteiger partial charge on any atom is 0.350 e. The first-order chi connectivity index (χ1) is 9.89. The molecule has 0 amide bonds. The standard InChI is InChI=1S/C12H18N2O5S2/c1-3-19-12(15)10-8(13)9(18-2)11(20-10)14-4-6-21(16,17)7-5-14/h3-7,13H2,1-2H3. The maximum absolute atomic E-state index is 11.9. The van der Waals surface area contributed by atoms with Gasteiger partial charge in [-0.25, -0.2) is 13.2 Å². The van der Waals surface area contributed by atoms with Crippen molar-refractivity contribution in [1.82, 2.24) is 0 Å². The second-order valence-corrected chi connectivity index (χ2v) is 7.85. The predicted molar refractivity (Wildman–Crippen MR) is 82.1 cm³/mol. The van der Waals surface area contributed by atoms with E-state index in [1.54, 1.807) is 6.92 Å². The second kappa shape index (κ2) is 6.10. The molecule has 2 heterocycles. The monoisotopic (exact) mass is 334 g/mol. The van der Waals surface area contributed by atoms with E-state index < -0.39 is 15.8 Å². The SMILES string of the molecule is CCOC(=O)c1sc(N2CCS(=O)(=O)CC2)c(OC)c1N. The third kappa shape index (κ3) is 3.24. The van der Waals surface area contributed by atoms with Crippen molar-refractivity contribution in [1.29, 1.82) is 0 Å². The molecule has 1 saturated heterocycles. The van der Waals surface area contributed by atoms with Gasteiger partial charge in [-0.15, -0.1) is 11.3 Å². The Morgan fingerprint density at radius 2 is 2.00 bits per heavy atom. The predicted octanol–water partition coefficient (Wildman–Crippen LogP) is 0.750. The molecule has 2 rings (SSSR count). The Hall–Kier alpha value is -1.48. The zero-order chi connectivity index (χ0) is 15.6. The van der Waals surface area contributed by atoms with Crippen LogP contribution in [0, 0.1) is 0 Å². The molecule has 118 valence electrons. The van der Waals surface area contributed by atoms with Crippen LogP contribution in [0.4, 0.5) is 10.7 Å². The third-order valence-corrected chi connectivity index (χ3v) is 6.02. The van der Waals surface area contributed by atoms with E-state index in [-0.39, 0.29) is 28.7 Å². The van der Waals surface area contributed by atoms with Gasteiger partial charge in [0.05, 0.1) is 25.2 Å². The van der Waals surface area contributed by atoms with E-state index in [4.69, 9.17) is 15.2 Å². The molecule has 0 bridgehead atoms. The van der Waals surface area contributed by atoms with Crippen molar-refractivity contribution in [2.24, 2.45) is 0 Å². The van der Waals surface area contributed by atoms with Crippen LogP contribution in [0.1, 0.15) is 16.6 Å². The van der Waals surface area contributed by atoms with Crippen molar-refractivity contribution < 1.29 is 22.7 Å². The fraction of sp³-hybridized carbons (Fsp3) is 0.583. The summed E-state index contributed by atoms with van der Waals surface area (Å²) in [6, 6.07) is 0. The van der Waals surface area contributed by atoms with Crippen molar-refractivity contribution in [2.75, 3.05) is 48.9 Å². The Morgan fingerprint density at radius 1 is 1.38 bits per heavy atom. The lowest BCUT2D eigenvalue weighted by Gasteiger charge is -2.27. The van der Waals surface area contributed by atoms with Gasteiger partial charge in [0.2, 0.25) is 0 Å². The maximum atomic E-state index is 11.9. The topological polar surface area (TPSA) is 98.9 Å². The van der Waals surface area contributed by atoms with Crippen LogP contribution < -0.4 is 15.4 Å². The molecule has 1 aliphatic rings. The highest BCUT2D eigenvalue weighted by molar-refractivity contribution is 7.91. The van der Waals surface area contributed by atoms with Gasteiger partial charge in [0.15, 0.2) is 15.6 Å². The number of hydrogen-bond acceptors (Lipinski definition) is 8. The van der Waals surface area contributed by atoms with Gasteiger partial charge < -0.3 is 20.1 Å². The first-order valence-electron chi connectivity index (χ1n) is 6.48. The number of nitrogen functional groups attached to an aromatic ring is 1. The van der Waals surface area contributed by atoms with Crippen molar-refractivity contribution in [3.8, 4) is 5.75 Å². The van der Waals surface area contributed by atoms with Gasteiger partial charge in [0, 0.05) is 13.1 Å². The molecule has 1 aliphatic heterocycles. The Balaban J connectivity index is 2.31. The summed E-state index contributed by atoms with van der Waals surface area (Å²) in [5.74, 6) is 0.0855. The van der Waals surface area contributed by atoms with Crippen molar-refractivity contribution in [2.45, 2.75) is 6.92 Å². The van der Waals surface area contributed by atoms with Crippen LogP contribution in [0.5, 0.6) is 5.75 Å². The van der Waals surface area contributed by atoms with Crippen LogP contribution in [0.15, 0.2) is 0 Å². The molecular formula is C12H18N2O5S2. The molecule has 0 spiro atoms. The molecule has 9 heteroatoms. The molecule has 0 saturated carbocycles. The molecule has 0 aromatic carbocycles.